The number of unbranched alkanes of at least 4 members (excludes halogenated alkanes) is 50. The van der Waals surface area contributed by atoms with Gasteiger partial charge in [0.2, 0.25) is 0 Å². The van der Waals surface area contributed by atoms with E-state index in [4.69, 9.17) is 52.1 Å². The summed E-state index contributed by atoms with van der Waals surface area (Å²) in [6.07, 6.45) is 97.0. The molecule has 6 rings (SSSR count). The van der Waals surface area contributed by atoms with E-state index in [2.05, 4.69) is 69.2 Å². The molecule has 6 aliphatic rings. The predicted molar refractivity (Wildman–Crippen MR) is 514 cm³/mol. The van der Waals surface area contributed by atoms with Gasteiger partial charge in [0.1, 0.15) is 0 Å². The number of hydrogen-bond acceptors (Lipinski definition) is 16. The average Bonchev–Trinajstić information content (AvgIpc) is 1.63. The van der Waals surface area contributed by atoms with Crippen LogP contribution in [0.25, 0.3) is 0 Å². The number of carbonyl (C=O) groups excluding carboxylic acids is 5. The Hall–Kier alpha value is -2.89. The first-order valence-corrected chi connectivity index (χ1v) is 54.6. The molecule has 0 aromatic carbocycles. The fourth-order valence-corrected chi connectivity index (χ4v) is 16.7. The van der Waals surface area contributed by atoms with Gasteiger partial charge in [0.15, 0.2) is 0 Å². The van der Waals surface area contributed by atoms with Crippen molar-refractivity contribution >= 4 is 29.8 Å². The van der Waals surface area contributed by atoms with Gasteiger partial charge in [0.25, 0.3) is 0 Å². The normalized spacial score (nSPS) is 20.8. The van der Waals surface area contributed by atoms with Crippen LogP contribution < -0.4 is 0 Å². The number of rotatable bonds is 87. The topological polar surface area (TPSA) is 207 Å². The molecule has 16 nitrogen and oxygen atoms in total. The largest absolute Gasteiger partial charge is 0.466 e. The zero-order valence-electron chi connectivity index (χ0n) is 83.2. The lowest BCUT2D eigenvalue weighted by molar-refractivity contribution is -0.144. The van der Waals surface area contributed by atoms with Gasteiger partial charge in [-0.05, 0) is 103 Å². The summed E-state index contributed by atoms with van der Waals surface area (Å²) in [6.45, 7) is 24.8. The predicted octanol–water partition coefficient (Wildman–Crippen LogP) is 31.1. The molecule has 0 N–H and O–H groups in total. The molecule has 0 spiro atoms. The molecule has 0 aromatic heterocycles. The molecule has 124 heavy (non-hydrogen) atoms. The van der Waals surface area contributed by atoms with E-state index in [9.17, 15) is 24.0 Å². The molecule has 0 amide bonds. The van der Waals surface area contributed by atoms with Gasteiger partial charge in [-0.15, -0.1) is 0 Å². The van der Waals surface area contributed by atoms with Crippen molar-refractivity contribution in [1.82, 2.24) is 0 Å². The summed E-state index contributed by atoms with van der Waals surface area (Å²) in [6, 6.07) is 0. The average molecular weight is 1760 g/mol. The van der Waals surface area contributed by atoms with E-state index in [0.717, 1.165) is 141 Å². The number of ether oxygens (including phenoxy) is 11. The van der Waals surface area contributed by atoms with E-state index >= 15 is 0 Å². The summed E-state index contributed by atoms with van der Waals surface area (Å²) < 4.78 is 60.4. The molecule has 0 aromatic rings. The van der Waals surface area contributed by atoms with Crippen LogP contribution in [0.1, 0.15) is 557 Å². The first-order valence-electron chi connectivity index (χ1n) is 54.6. The maximum Gasteiger partial charge on any atom is 0.305 e. The van der Waals surface area contributed by atoms with Gasteiger partial charge < -0.3 is 52.1 Å². The minimum Gasteiger partial charge on any atom is -0.466 e. The van der Waals surface area contributed by atoms with Crippen molar-refractivity contribution in [3.8, 4) is 0 Å². The monoisotopic (exact) mass is 1760 g/mol. The molecular weight excluding hydrogens is 1550 g/mol. The number of esters is 5. The van der Waals surface area contributed by atoms with Crippen LogP contribution in [-0.4, -0.2) is 136 Å². The molecule has 6 saturated heterocycles. The molecule has 0 saturated carbocycles. The van der Waals surface area contributed by atoms with Crippen LogP contribution in [0.5, 0.6) is 0 Å². The Morgan fingerprint density at radius 1 is 0.161 bits per heavy atom. The first-order chi connectivity index (χ1) is 60.8. The van der Waals surface area contributed by atoms with Gasteiger partial charge in [0, 0.05) is 51.4 Å². The fraction of sp³-hybridized carbons (Fsp3) is 0.954. The molecule has 0 bridgehead atoms. The maximum absolute atomic E-state index is 11.5. The van der Waals surface area contributed by atoms with Crippen molar-refractivity contribution in [3.05, 3.63) is 0 Å². The molecule has 12 unspecified atom stereocenters. The van der Waals surface area contributed by atoms with E-state index < -0.39 is 0 Å². The highest BCUT2D eigenvalue weighted by molar-refractivity contribution is 5.70. The molecule has 6 heterocycles. The lowest BCUT2D eigenvalue weighted by Crippen LogP contribution is -2.05. The minimum absolute atomic E-state index is 0.00172. The Balaban J connectivity index is 0.000000526. The van der Waals surface area contributed by atoms with E-state index in [0.29, 0.717) is 138 Å². The van der Waals surface area contributed by atoms with Crippen molar-refractivity contribution in [2.45, 2.75) is 630 Å². The van der Waals surface area contributed by atoms with E-state index in [1.165, 1.54) is 315 Å². The molecule has 6 aliphatic heterocycles. The van der Waals surface area contributed by atoms with Crippen molar-refractivity contribution < 1.29 is 76.1 Å². The van der Waals surface area contributed by atoms with Gasteiger partial charge >= 0.3 is 29.8 Å². The van der Waals surface area contributed by atoms with Crippen LogP contribution in [-0.2, 0) is 76.1 Å². The maximum atomic E-state index is 11.5. The highest BCUT2D eigenvalue weighted by atomic mass is 16.6. The summed E-state index contributed by atoms with van der Waals surface area (Å²) in [5.74, 6) is -0.0771. The Labute approximate surface area is 765 Å². The summed E-state index contributed by atoms with van der Waals surface area (Å²) >= 11 is 0. The molecule has 12 atom stereocenters. The third-order valence-electron chi connectivity index (χ3n) is 25.7. The Kier molecular flexibility index (Phi) is 82.0. The van der Waals surface area contributed by atoms with Crippen molar-refractivity contribution in [2.24, 2.45) is 0 Å². The van der Waals surface area contributed by atoms with Gasteiger partial charge in [0.05, 0.1) is 106 Å². The highest BCUT2D eigenvalue weighted by Gasteiger charge is 2.52. The van der Waals surface area contributed by atoms with Crippen molar-refractivity contribution in [2.75, 3.05) is 33.0 Å². The summed E-state index contributed by atoms with van der Waals surface area (Å²) in [7, 11) is 0. The van der Waals surface area contributed by atoms with Gasteiger partial charge in [-0.1, -0.05) is 403 Å². The Morgan fingerprint density at radius 2 is 0.298 bits per heavy atom. The molecule has 0 radical (unpaired) electrons. The zero-order chi connectivity index (χ0) is 89.9. The van der Waals surface area contributed by atoms with Gasteiger partial charge in [-0.25, -0.2) is 0 Å². The lowest BCUT2D eigenvalue weighted by Gasteiger charge is -2.04. The molecule has 6 fully saturated rings. The second kappa shape index (κ2) is 86.8. The Bertz CT molecular complexity index is 2360. The number of carbonyl (C=O) groups is 5. The fourth-order valence-electron chi connectivity index (χ4n) is 16.7. The number of epoxide rings is 6. The second-order valence-corrected chi connectivity index (χ2v) is 37.9. The number of hydrogen-bond donors (Lipinski definition) is 0. The van der Waals surface area contributed by atoms with E-state index in [1.54, 1.807) is 0 Å². The van der Waals surface area contributed by atoms with Crippen LogP contribution in [0.2, 0.25) is 0 Å². The second-order valence-electron chi connectivity index (χ2n) is 37.9. The standard InChI is InChI=1S/C22H38O5.C22H40O4.C22H42O3.C22H44O2.C20H40O2/c1-3-5-13-24-22(23)12-10-8-6-7-9-11-17-19(26-17)15-21-20(27-21)14-18-16(4-2)25-18;1-3-5-10-13-18-20(25-18)17-21-19(26-21)14-11-8-7-9-12-15-22(23)24-16-6-4-2;1-3-5-7-8-10-13-16-20-21(25-20)17-14-11-9-12-15-18-22(23)24-19-6-4-2;1-3-5-7-8-9-10-11-12-13-14-15-16-17-18-19-20-22(23)24-21-6-4-2;1-3-5-7-8-9-10-11-12-13-14-15-16-17-18-20(21)22-19-6-4-2/h16-21H,3-15H2,1-2H3;18-21H,3-17H2,1-2H3;20-21H,3-19H2,1-2H3;3-21H2,1-2H3;3-19H2,1-2H3. The van der Waals surface area contributed by atoms with Crippen LogP contribution in [0.4, 0.5) is 0 Å². The lowest BCUT2D eigenvalue weighted by atomic mass is 10.0. The molecular formula is C108H204O16. The summed E-state index contributed by atoms with van der Waals surface area (Å²) in [5, 5.41) is 0. The zero-order valence-corrected chi connectivity index (χ0v) is 83.2. The Morgan fingerprint density at radius 3 is 0.500 bits per heavy atom. The summed E-state index contributed by atoms with van der Waals surface area (Å²) in [5.41, 5.74) is 0. The molecule has 0 aliphatic carbocycles. The third kappa shape index (κ3) is 76.8. The third-order valence-corrected chi connectivity index (χ3v) is 25.7. The van der Waals surface area contributed by atoms with Crippen molar-refractivity contribution in [3.63, 3.8) is 0 Å². The van der Waals surface area contributed by atoms with Gasteiger partial charge in [-0.3, -0.25) is 24.0 Å². The van der Waals surface area contributed by atoms with Crippen LogP contribution in [0, 0.1) is 0 Å². The van der Waals surface area contributed by atoms with E-state index in [-0.39, 0.29) is 29.8 Å². The quantitative estimate of drug-likeness (QED) is 0.0240. The highest BCUT2D eigenvalue weighted by Crippen LogP contribution is 2.43. The molecule has 16 heteroatoms. The van der Waals surface area contributed by atoms with Gasteiger partial charge in [-0.2, -0.15) is 0 Å². The van der Waals surface area contributed by atoms with Crippen LogP contribution >= 0.6 is 0 Å². The van der Waals surface area contributed by atoms with Crippen LogP contribution in [0.3, 0.4) is 0 Å². The minimum atomic E-state index is -0.0308. The first kappa shape index (κ1) is 117. The summed E-state index contributed by atoms with van der Waals surface area (Å²) in [4.78, 5) is 57.3. The molecule has 732 valence electrons. The van der Waals surface area contributed by atoms with E-state index in [1.807, 2.05) is 0 Å². The SMILES string of the molecule is CCCCCC1OC1CC1OC1CCCCCCCC(=O)OCCCC.CCCCCCCCC1OC1CCCCCCCC(=O)OCCCC.CCCCCCCCCCCCCCCC(=O)OCCCC.CCCCCCCCCCCCCCCCCC(=O)OCCCC.CCCCOC(=O)CCCCCCCC1OC1CC1OC1CC1OC1CC. The van der Waals surface area contributed by atoms with Crippen molar-refractivity contribution in [1.29, 1.82) is 0 Å². The smallest absolute Gasteiger partial charge is 0.305 e. The van der Waals surface area contributed by atoms with Crippen LogP contribution in [0.15, 0.2) is 0 Å².